The number of rotatable bonds is 0. The number of benzene rings is 5. The van der Waals surface area contributed by atoms with Crippen LogP contribution in [0.2, 0.25) is 0 Å². The molecule has 0 atom stereocenters. The first-order chi connectivity index (χ1) is 14.8. The lowest BCUT2D eigenvalue weighted by Crippen LogP contribution is -1.98. The van der Waals surface area contributed by atoms with E-state index in [1.807, 2.05) is 48.5 Å². The second-order valence-electron chi connectivity index (χ2n) is 7.26. The van der Waals surface area contributed by atoms with Crippen molar-refractivity contribution in [2.45, 2.75) is 0 Å². The van der Waals surface area contributed by atoms with Crippen molar-refractivity contribution in [3.8, 4) is 12.1 Å². The van der Waals surface area contributed by atoms with Crippen molar-refractivity contribution in [2.24, 2.45) is 0 Å². The monoisotopic (exact) mass is 380 g/mol. The molecule has 0 amide bonds. The van der Waals surface area contributed by atoms with Crippen LogP contribution in [0.25, 0.3) is 54.1 Å². The van der Waals surface area contributed by atoms with Crippen LogP contribution in [-0.2, 0) is 0 Å². The summed E-state index contributed by atoms with van der Waals surface area (Å²) in [6, 6.07) is 28.8. The van der Waals surface area contributed by atoms with Crippen molar-refractivity contribution in [1.29, 1.82) is 10.5 Å². The zero-order chi connectivity index (χ0) is 20.2. The molecule has 30 heavy (non-hydrogen) atoms. The Morgan fingerprint density at radius 2 is 0.933 bits per heavy atom. The van der Waals surface area contributed by atoms with E-state index >= 15 is 0 Å². The normalized spacial score (nSPS) is 11.3. The zero-order valence-corrected chi connectivity index (χ0v) is 15.7. The molecule has 0 aliphatic heterocycles. The summed E-state index contributed by atoms with van der Waals surface area (Å²) < 4.78 is 0. The highest BCUT2D eigenvalue weighted by Gasteiger charge is 2.18. The van der Waals surface area contributed by atoms with Gasteiger partial charge in [-0.15, -0.1) is 0 Å². The van der Waals surface area contributed by atoms with Gasteiger partial charge in [0.25, 0.3) is 0 Å². The molecule has 0 spiro atoms. The summed E-state index contributed by atoms with van der Waals surface area (Å²) in [5.74, 6) is 0. The van der Waals surface area contributed by atoms with Gasteiger partial charge in [-0.05, 0) is 21.5 Å². The third-order valence-electron chi connectivity index (χ3n) is 5.73. The molecule has 0 radical (unpaired) electrons. The predicted octanol–water partition coefficient (Wildman–Crippen LogP) is 5.99. The first kappa shape index (κ1) is 16.4. The Morgan fingerprint density at radius 3 is 1.37 bits per heavy atom. The Kier molecular flexibility index (Phi) is 3.27. The van der Waals surface area contributed by atoms with Crippen LogP contribution < -0.4 is 0 Å². The third kappa shape index (κ3) is 2.08. The minimum absolute atomic E-state index is 0.0552. The van der Waals surface area contributed by atoms with Crippen molar-refractivity contribution in [3.63, 3.8) is 0 Å². The zero-order valence-electron chi connectivity index (χ0n) is 15.7. The molecule has 4 nitrogen and oxygen atoms in total. The van der Waals surface area contributed by atoms with E-state index in [-0.39, 0.29) is 11.4 Å². The average molecular weight is 380 g/mol. The molecule has 6 rings (SSSR count). The van der Waals surface area contributed by atoms with Crippen molar-refractivity contribution in [3.05, 3.63) is 84.2 Å². The minimum Gasteiger partial charge on any atom is -0.232 e. The summed E-state index contributed by atoms with van der Waals surface area (Å²) in [6.07, 6.45) is 0. The second-order valence-corrected chi connectivity index (χ2v) is 7.26. The lowest BCUT2D eigenvalue weighted by Gasteiger charge is -2.14. The smallest absolute Gasteiger partial charge is 0.177 e. The van der Waals surface area contributed by atoms with Crippen molar-refractivity contribution in [2.75, 3.05) is 0 Å². The molecule has 0 aliphatic carbocycles. The van der Waals surface area contributed by atoms with Crippen LogP contribution in [0.4, 0.5) is 0 Å². The lowest BCUT2D eigenvalue weighted by atomic mass is 9.91. The summed E-state index contributed by atoms with van der Waals surface area (Å²) in [7, 11) is 0. The van der Waals surface area contributed by atoms with Crippen molar-refractivity contribution in [1.82, 2.24) is 9.97 Å². The molecule has 0 bridgehead atoms. The van der Waals surface area contributed by atoms with Gasteiger partial charge in [0.1, 0.15) is 12.1 Å². The summed E-state index contributed by atoms with van der Waals surface area (Å²) in [6.45, 7) is 0. The summed E-state index contributed by atoms with van der Waals surface area (Å²) >= 11 is 0. The first-order valence-corrected chi connectivity index (χ1v) is 9.57. The summed E-state index contributed by atoms with van der Waals surface area (Å²) in [5.41, 5.74) is 1.40. The van der Waals surface area contributed by atoms with Crippen molar-refractivity contribution < 1.29 is 0 Å². The highest BCUT2D eigenvalue weighted by molar-refractivity contribution is 6.35. The Balaban J connectivity index is 2.04. The molecule has 5 aromatic carbocycles. The lowest BCUT2D eigenvalue weighted by molar-refractivity contribution is 1.21. The maximum absolute atomic E-state index is 9.50. The number of hydrogen-bond acceptors (Lipinski definition) is 4. The van der Waals surface area contributed by atoms with E-state index in [0.717, 1.165) is 43.1 Å². The fourth-order valence-electron chi connectivity index (χ4n) is 4.44. The molecule has 0 saturated heterocycles. The molecule has 4 heteroatoms. The molecule has 136 valence electrons. The SMILES string of the molecule is N#Cc1nc2c3ccc4ccccc4c3c3c4ccccc4ccc3c2nc1C#N. The van der Waals surface area contributed by atoms with Crippen molar-refractivity contribution >= 4 is 54.1 Å². The van der Waals surface area contributed by atoms with Gasteiger partial charge in [0, 0.05) is 21.5 Å². The summed E-state index contributed by atoms with van der Waals surface area (Å²) in [4.78, 5) is 9.17. The van der Waals surface area contributed by atoms with Gasteiger partial charge in [0.05, 0.1) is 11.0 Å². The van der Waals surface area contributed by atoms with Gasteiger partial charge < -0.3 is 0 Å². The topological polar surface area (TPSA) is 73.4 Å². The van der Waals surface area contributed by atoms with Gasteiger partial charge >= 0.3 is 0 Å². The molecule has 1 heterocycles. The van der Waals surface area contributed by atoms with E-state index in [1.165, 1.54) is 0 Å². The molecule has 0 aliphatic rings. The first-order valence-electron chi connectivity index (χ1n) is 9.57. The largest absolute Gasteiger partial charge is 0.232 e. The molecule has 0 fully saturated rings. The van der Waals surface area contributed by atoms with Gasteiger partial charge in [-0.2, -0.15) is 10.5 Å². The third-order valence-corrected chi connectivity index (χ3v) is 5.73. The van der Waals surface area contributed by atoms with E-state index in [4.69, 9.17) is 0 Å². The van der Waals surface area contributed by atoms with Gasteiger partial charge in [-0.1, -0.05) is 72.8 Å². The molecular weight excluding hydrogens is 368 g/mol. The maximum atomic E-state index is 9.50. The van der Waals surface area contributed by atoms with Gasteiger partial charge in [-0.25, -0.2) is 9.97 Å². The predicted molar refractivity (Wildman–Crippen MR) is 119 cm³/mol. The summed E-state index contributed by atoms with van der Waals surface area (Å²) in [5, 5.41) is 27.6. The van der Waals surface area contributed by atoms with Gasteiger partial charge in [0.15, 0.2) is 11.4 Å². The number of fused-ring (bicyclic) bond motifs is 10. The van der Waals surface area contributed by atoms with Crippen LogP contribution in [-0.4, -0.2) is 9.97 Å². The number of nitriles is 2. The van der Waals surface area contributed by atoms with Crippen LogP contribution in [0, 0.1) is 22.7 Å². The average Bonchev–Trinajstić information content (AvgIpc) is 2.82. The molecule has 0 N–H and O–H groups in total. The Bertz CT molecular complexity index is 1640. The van der Waals surface area contributed by atoms with E-state index < -0.39 is 0 Å². The second kappa shape index (κ2) is 5.98. The molecule has 1 aromatic heterocycles. The van der Waals surface area contributed by atoms with Gasteiger partial charge in [-0.3, -0.25) is 0 Å². The van der Waals surface area contributed by atoms with E-state index in [1.54, 1.807) is 0 Å². The maximum Gasteiger partial charge on any atom is 0.177 e. The van der Waals surface area contributed by atoms with Crippen LogP contribution in [0.1, 0.15) is 11.4 Å². The standard InChI is InChI=1S/C26H12N4/c27-13-21-22(14-28)30-26-20-12-10-16-6-2-4-8-18(16)24(20)23-17-7-3-1-5-15(17)9-11-19(23)25(26)29-21/h1-12H. The van der Waals surface area contributed by atoms with E-state index in [2.05, 4.69) is 46.4 Å². The molecule has 6 aromatic rings. The fourth-order valence-corrected chi connectivity index (χ4v) is 4.44. The van der Waals surface area contributed by atoms with Crippen LogP contribution in [0.3, 0.4) is 0 Å². The highest BCUT2D eigenvalue weighted by atomic mass is 14.8. The quantitative estimate of drug-likeness (QED) is 0.304. The Hall–Kier alpha value is -4.54. The molecular formula is C26H12N4. The number of hydrogen-bond donors (Lipinski definition) is 0. The Labute approximate surface area is 171 Å². The van der Waals surface area contributed by atoms with Crippen LogP contribution >= 0.6 is 0 Å². The van der Waals surface area contributed by atoms with Gasteiger partial charge in [0.2, 0.25) is 0 Å². The molecule has 0 saturated carbocycles. The Morgan fingerprint density at radius 1 is 0.500 bits per heavy atom. The minimum atomic E-state index is 0.0552. The number of aromatic nitrogens is 2. The van der Waals surface area contributed by atoms with E-state index in [9.17, 15) is 10.5 Å². The molecule has 0 unspecified atom stereocenters. The van der Waals surface area contributed by atoms with Crippen LogP contribution in [0.15, 0.2) is 72.8 Å². The van der Waals surface area contributed by atoms with Crippen LogP contribution in [0.5, 0.6) is 0 Å². The highest BCUT2D eigenvalue weighted by Crippen LogP contribution is 2.40. The fraction of sp³-hybridized carbons (Fsp3) is 0. The van der Waals surface area contributed by atoms with E-state index in [0.29, 0.717) is 11.0 Å². The number of nitrogens with zero attached hydrogens (tertiary/aromatic N) is 4.